The Balaban J connectivity index is 1.66. The minimum Gasteiger partial charge on any atom is -0.374 e. The maximum absolute atomic E-state index is 12.5. The van der Waals surface area contributed by atoms with Gasteiger partial charge in [0.15, 0.2) is 0 Å². The van der Waals surface area contributed by atoms with Crippen molar-refractivity contribution in [2.45, 2.75) is 44.1 Å². The van der Waals surface area contributed by atoms with Gasteiger partial charge in [-0.3, -0.25) is 9.78 Å². The Kier molecular flexibility index (Phi) is 5.71. The lowest BCUT2D eigenvalue weighted by molar-refractivity contribution is -0.135. The molecule has 1 aromatic heterocycles. The molecule has 2 aliphatic rings. The highest BCUT2D eigenvalue weighted by Gasteiger charge is 2.44. The molecular formula is C17H24N2O5S. The Labute approximate surface area is 148 Å². The van der Waals surface area contributed by atoms with E-state index in [9.17, 15) is 13.2 Å². The van der Waals surface area contributed by atoms with Gasteiger partial charge < -0.3 is 14.4 Å². The lowest BCUT2D eigenvalue weighted by Gasteiger charge is -2.31. The first-order chi connectivity index (χ1) is 11.9. The van der Waals surface area contributed by atoms with Crippen LogP contribution in [0.3, 0.4) is 0 Å². The molecule has 1 saturated heterocycles. The van der Waals surface area contributed by atoms with Crippen LogP contribution in [-0.4, -0.2) is 67.6 Å². The highest BCUT2D eigenvalue weighted by Crippen LogP contribution is 2.33. The molecule has 8 heteroatoms. The summed E-state index contributed by atoms with van der Waals surface area (Å²) in [7, 11) is -3.16. The number of carbonyl (C=O) groups excluding carboxylic acids is 1. The van der Waals surface area contributed by atoms with Crippen molar-refractivity contribution in [3.8, 4) is 0 Å². The zero-order valence-electron chi connectivity index (χ0n) is 14.3. The number of fused-ring (bicyclic) bond motifs is 2. The number of pyridine rings is 1. The molecule has 7 nitrogen and oxygen atoms in total. The van der Waals surface area contributed by atoms with Gasteiger partial charge in [-0.2, -0.15) is 0 Å². The van der Waals surface area contributed by atoms with E-state index in [0.717, 1.165) is 24.7 Å². The van der Waals surface area contributed by atoms with E-state index in [0.29, 0.717) is 19.8 Å². The largest absolute Gasteiger partial charge is 0.374 e. The van der Waals surface area contributed by atoms with Crippen LogP contribution in [0, 0.1) is 0 Å². The number of nitrogens with zero attached hydrogens (tertiary/aromatic N) is 2. The molecule has 1 amide bonds. The number of sulfone groups is 1. The standard InChI is InChI=1S/C17H24N2O5S/c1-25(21,22)11-6-16(20)19-9-10-23-15-3-2-14(19)17(15)24-12-13-4-7-18-8-5-13/h4-5,7-8,14-15,17H,2-3,6,9-12H2,1H3. The van der Waals surface area contributed by atoms with Crippen molar-refractivity contribution in [2.24, 2.45) is 0 Å². The minimum atomic E-state index is -3.16. The van der Waals surface area contributed by atoms with Crippen molar-refractivity contribution >= 4 is 15.7 Å². The van der Waals surface area contributed by atoms with Crippen molar-refractivity contribution in [1.29, 1.82) is 0 Å². The monoisotopic (exact) mass is 368 g/mol. The van der Waals surface area contributed by atoms with E-state index >= 15 is 0 Å². The van der Waals surface area contributed by atoms with Crippen molar-refractivity contribution < 1.29 is 22.7 Å². The second-order valence-corrected chi connectivity index (χ2v) is 8.91. The number of aromatic nitrogens is 1. The molecule has 1 aliphatic heterocycles. The Hall–Kier alpha value is -1.51. The molecule has 0 N–H and O–H groups in total. The Bertz CT molecular complexity index is 694. The summed E-state index contributed by atoms with van der Waals surface area (Å²) in [6, 6.07) is 3.74. The van der Waals surface area contributed by atoms with Gasteiger partial charge in [0, 0.05) is 31.6 Å². The van der Waals surface area contributed by atoms with Crippen molar-refractivity contribution in [2.75, 3.05) is 25.2 Å². The van der Waals surface area contributed by atoms with E-state index in [4.69, 9.17) is 9.47 Å². The summed E-state index contributed by atoms with van der Waals surface area (Å²) in [6.07, 6.45) is 6.07. The summed E-state index contributed by atoms with van der Waals surface area (Å²) in [5.74, 6) is -0.263. The SMILES string of the molecule is CS(=O)(=O)CCC(=O)N1CCOC2CCC1C2OCc1ccncc1. The van der Waals surface area contributed by atoms with Crippen LogP contribution >= 0.6 is 0 Å². The van der Waals surface area contributed by atoms with Gasteiger partial charge in [-0.25, -0.2) is 8.42 Å². The average molecular weight is 368 g/mol. The van der Waals surface area contributed by atoms with E-state index < -0.39 is 9.84 Å². The number of ether oxygens (including phenoxy) is 2. The lowest BCUT2D eigenvalue weighted by atomic mass is 10.1. The highest BCUT2D eigenvalue weighted by atomic mass is 32.2. The van der Waals surface area contributed by atoms with Crippen LogP contribution in [0.2, 0.25) is 0 Å². The number of hydrogen-bond acceptors (Lipinski definition) is 6. The molecule has 0 spiro atoms. The first-order valence-electron chi connectivity index (χ1n) is 8.53. The maximum atomic E-state index is 12.5. The third-order valence-electron chi connectivity index (χ3n) is 4.76. The van der Waals surface area contributed by atoms with E-state index in [1.54, 1.807) is 17.3 Å². The van der Waals surface area contributed by atoms with Gasteiger partial charge in [-0.05, 0) is 30.5 Å². The number of carbonyl (C=O) groups is 1. The van der Waals surface area contributed by atoms with Crippen LogP contribution in [0.25, 0.3) is 0 Å². The highest BCUT2D eigenvalue weighted by molar-refractivity contribution is 7.90. The fourth-order valence-electron chi connectivity index (χ4n) is 3.51. The Morgan fingerprint density at radius 3 is 2.84 bits per heavy atom. The Morgan fingerprint density at radius 2 is 2.12 bits per heavy atom. The molecule has 2 fully saturated rings. The molecular weight excluding hydrogens is 344 g/mol. The van der Waals surface area contributed by atoms with E-state index in [-0.39, 0.29) is 36.3 Å². The molecule has 2 heterocycles. The molecule has 25 heavy (non-hydrogen) atoms. The summed E-state index contributed by atoms with van der Waals surface area (Å²) in [5, 5.41) is 0. The second kappa shape index (κ2) is 7.80. The van der Waals surface area contributed by atoms with Crippen molar-refractivity contribution in [3.63, 3.8) is 0 Å². The van der Waals surface area contributed by atoms with Crippen LogP contribution in [0.1, 0.15) is 24.8 Å². The van der Waals surface area contributed by atoms with Gasteiger partial charge in [0.05, 0.1) is 31.1 Å². The molecule has 3 atom stereocenters. The van der Waals surface area contributed by atoms with Crippen molar-refractivity contribution in [3.05, 3.63) is 30.1 Å². The topological polar surface area (TPSA) is 85.8 Å². The molecule has 3 unspecified atom stereocenters. The molecule has 2 bridgehead atoms. The summed E-state index contributed by atoms with van der Waals surface area (Å²) < 4.78 is 34.7. The van der Waals surface area contributed by atoms with Crippen LogP contribution in [0.5, 0.6) is 0 Å². The van der Waals surface area contributed by atoms with Crippen LogP contribution < -0.4 is 0 Å². The molecule has 0 aromatic carbocycles. The normalized spacial score (nSPS) is 26.4. The first kappa shape index (κ1) is 18.3. The predicted octanol–water partition coefficient (Wildman–Crippen LogP) is 0.791. The van der Waals surface area contributed by atoms with Gasteiger partial charge in [-0.1, -0.05) is 0 Å². The molecule has 138 valence electrons. The van der Waals surface area contributed by atoms with E-state index in [2.05, 4.69) is 4.98 Å². The zero-order valence-corrected chi connectivity index (χ0v) is 15.2. The van der Waals surface area contributed by atoms with Gasteiger partial charge in [0.25, 0.3) is 0 Å². The van der Waals surface area contributed by atoms with Gasteiger partial charge >= 0.3 is 0 Å². The fourth-order valence-corrected chi connectivity index (χ4v) is 4.05. The molecule has 0 radical (unpaired) electrons. The number of amides is 1. The third-order valence-corrected chi connectivity index (χ3v) is 5.70. The quantitative estimate of drug-likeness (QED) is 0.738. The lowest BCUT2D eigenvalue weighted by Crippen LogP contribution is -2.46. The van der Waals surface area contributed by atoms with Gasteiger partial charge in [0.1, 0.15) is 15.9 Å². The van der Waals surface area contributed by atoms with Crippen LogP contribution in [0.4, 0.5) is 0 Å². The second-order valence-electron chi connectivity index (χ2n) is 6.65. The smallest absolute Gasteiger partial charge is 0.224 e. The van der Waals surface area contributed by atoms with E-state index in [1.165, 1.54) is 0 Å². The number of hydrogen-bond donors (Lipinski definition) is 0. The van der Waals surface area contributed by atoms with Gasteiger partial charge in [0.2, 0.25) is 5.91 Å². The van der Waals surface area contributed by atoms with Crippen LogP contribution in [-0.2, 0) is 30.7 Å². The third kappa shape index (κ3) is 4.77. The summed E-state index contributed by atoms with van der Waals surface area (Å²) in [4.78, 5) is 18.3. The minimum absolute atomic E-state index is 0.0110. The van der Waals surface area contributed by atoms with Crippen molar-refractivity contribution in [1.82, 2.24) is 9.88 Å². The Morgan fingerprint density at radius 1 is 1.36 bits per heavy atom. The molecule has 1 aliphatic carbocycles. The molecule has 1 aromatic rings. The summed E-state index contributed by atoms with van der Waals surface area (Å²) >= 11 is 0. The predicted molar refractivity (Wildman–Crippen MR) is 91.6 cm³/mol. The fraction of sp³-hybridized carbons (Fsp3) is 0.647. The zero-order chi connectivity index (χ0) is 17.9. The maximum Gasteiger partial charge on any atom is 0.224 e. The molecule has 1 saturated carbocycles. The number of rotatable bonds is 6. The first-order valence-corrected chi connectivity index (χ1v) is 10.6. The van der Waals surface area contributed by atoms with E-state index in [1.807, 2.05) is 12.1 Å². The summed E-state index contributed by atoms with van der Waals surface area (Å²) in [5.41, 5.74) is 1.02. The summed E-state index contributed by atoms with van der Waals surface area (Å²) in [6.45, 7) is 1.38. The van der Waals surface area contributed by atoms with Gasteiger partial charge in [-0.15, -0.1) is 0 Å². The molecule has 3 rings (SSSR count). The van der Waals surface area contributed by atoms with Crippen LogP contribution in [0.15, 0.2) is 24.5 Å². The average Bonchev–Trinajstić information content (AvgIpc) is 2.86.